The fourth-order valence-corrected chi connectivity index (χ4v) is 4.34. The fourth-order valence-electron chi connectivity index (χ4n) is 3.76. The number of halogens is 2. The molecule has 0 unspecified atom stereocenters. The van der Waals surface area contributed by atoms with Crippen molar-refractivity contribution in [2.75, 3.05) is 16.7 Å². The molecule has 9 heteroatoms. The third-order valence-corrected chi connectivity index (χ3v) is 6.43. The maximum absolute atomic E-state index is 6.14. The first kappa shape index (κ1) is 21.7. The quantitative estimate of drug-likeness (QED) is 0.227. The predicted molar refractivity (Wildman–Crippen MR) is 135 cm³/mol. The lowest BCUT2D eigenvalue weighted by Gasteiger charge is -2.08. The molecule has 0 spiro atoms. The number of hydrogen-bond donors (Lipinski definition) is 2. The van der Waals surface area contributed by atoms with Gasteiger partial charge in [-0.3, -0.25) is 0 Å². The van der Waals surface area contributed by atoms with Crippen LogP contribution in [-0.4, -0.2) is 37.8 Å². The van der Waals surface area contributed by atoms with Crippen LogP contribution in [0, 0.1) is 0 Å². The van der Waals surface area contributed by atoms with Crippen LogP contribution in [0.1, 0.15) is 43.8 Å². The minimum atomic E-state index is 0.414. The zero-order valence-corrected chi connectivity index (χ0v) is 20.4. The van der Waals surface area contributed by atoms with E-state index < -0.39 is 0 Å². The van der Waals surface area contributed by atoms with Crippen molar-refractivity contribution in [3.63, 3.8) is 0 Å². The van der Waals surface area contributed by atoms with Crippen LogP contribution in [0.15, 0.2) is 42.7 Å². The van der Waals surface area contributed by atoms with E-state index in [-0.39, 0.29) is 0 Å². The smallest absolute Gasteiger partial charge is 0.178 e. The van der Waals surface area contributed by atoms with E-state index in [0.717, 1.165) is 52.9 Å². The van der Waals surface area contributed by atoms with Gasteiger partial charge >= 0.3 is 0 Å². The van der Waals surface area contributed by atoms with E-state index in [9.17, 15) is 0 Å². The Morgan fingerprint density at radius 2 is 1.78 bits per heavy atom. The van der Waals surface area contributed by atoms with Crippen molar-refractivity contribution in [1.82, 2.24) is 24.6 Å². The van der Waals surface area contributed by atoms with Crippen LogP contribution in [0.25, 0.3) is 28.2 Å². The molecule has 4 heterocycles. The van der Waals surface area contributed by atoms with Crippen LogP contribution in [0.5, 0.6) is 0 Å². The van der Waals surface area contributed by atoms with Crippen molar-refractivity contribution < 1.29 is 4.74 Å². The Morgan fingerprint density at radius 3 is 2.41 bits per heavy atom. The lowest BCUT2D eigenvalue weighted by molar-refractivity contribution is 0.0968. The molecule has 4 aromatic rings. The van der Waals surface area contributed by atoms with Gasteiger partial charge in [0.05, 0.1) is 52.3 Å². The standard InChI is InChI=1S/C18H14ClIN6.C5H10O/c19-16-7-13(24-20)18-22-9-15(26(18)25-16)11-3-1-10(2-4-11)14-8-21-17(23-14)12-5-6-12;1-2-4-6-5-3-1/h1-4,7-9,12,24H,5-6H2,(H,21,23);1-5H2. The summed E-state index contributed by atoms with van der Waals surface area (Å²) in [6, 6.07) is 10.1. The maximum atomic E-state index is 6.14. The Bertz CT molecular complexity index is 1190. The summed E-state index contributed by atoms with van der Waals surface area (Å²) in [5.74, 6) is 1.72. The largest absolute Gasteiger partial charge is 0.381 e. The number of ether oxygens (including phenoxy) is 1. The van der Waals surface area contributed by atoms with Crippen LogP contribution in [-0.2, 0) is 4.74 Å². The number of H-pyrrole nitrogens is 1. The molecule has 1 saturated heterocycles. The summed E-state index contributed by atoms with van der Waals surface area (Å²) in [4.78, 5) is 12.4. The fraction of sp³-hybridized carbons (Fsp3) is 0.348. The summed E-state index contributed by atoms with van der Waals surface area (Å²) in [6.45, 7) is 2.00. The number of anilines is 1. The molecular formula is C23H24ClIN6O. The second-order valence-electron chi connectivity index (χ2n) is 8.06. The molecule has 1 saturated carbocycles. The molecule has 2 fully saturated rings. The van der Waals surface area contributed by atoms with Gasteiger partial charge in [-0.25, -0.2) is 14.5 Å². The number of nitrogens with one attached hydrogen (secondary N) is 2. The number of fused-ring (bicyclic) bond motifs is 1. The molecule has 0 atom stereocenters. The Kier molecular flexibility index (Phi) is 6.61. The highest BCUT2D eigenvalue weighted by atomic mass is 127. The molecule has 1 aliphatic heterocycles. The summed E-state index contributed by atoms with van der Waals surface area (Å²) >= 11 is 8.21. The van der Waals surface area contributed by atoms with Gasteiger partial charge in [0.25, 0.3) is 0 Å². The zero-order chi connectivity index (χ0) is 21.9. The topological polar surface area (TPSA) is 80.1 Å². The minimum absolute atomic E-state index is 0.414. The van der Waals surface area contributed by atoms with Crippen molar-refractivity contribution in [3.05, 3.63) is 53.7 Å². The van der Waals surface area contributed by atoms with E-state index in [1.165, 1.54) is 32.1 Å². The van der Waals surface area contributed by atoms with Crippen molar-refractivity contribution in [2.24, 2.45) is 0 Å². The molecular weight excluding hydrogens is 539 g/mol. The number of hydrogen-bond acceptors (Lipinski definition) is 5. The van der Waals surface area contributed by atoms with Gasteiger partial charge in [-0.05, 0) is 37.7 Å². The summed E-state index contributed by atoms with van der Waals surface area (Å²) in [5, 5.41) is 4.81. The Balaban J connectivity index is 0.000000314. The normalized spacial score (nSPS) is 15.9. The molecule has 166 valence electrons. The van der Waals surface area contributed by atoms with Crippen molar-refractivity contribution in [3.8, 4) is 22.5 Å². The second kappa shape index (κ2) is 9.76. The van der Waals surface area contributed by atoms with Crippen molar-refractivity contribution in [1.29, 1.82) is 0 Å². The average Bonchev–Trinajstić information content (AvgIpc) is 3.42. The van der Waals surface area contributed by atoms with E-state index in [4.69, 9.17) is 16.3 Å². The summed E-state index contributed by atoms with van der Waals surface area (Å²) in [7, 11) is 0. The molecule has 7 nitrogen and oxygen atoms in total. The van der Waals surface area contributed by atoms with E-state index in [1.807, 2.05) is 12.4 Å². The molecule has 32 heavy (non-hydrogen) atoms. The molecule has 6 rings (SSSR count). The highest BCUT2D eigenvalue weighted by Crippen LogP contribution is 2.39. The number of imidazole rings is 2. The lowest BCUT2D eigenvalue weighted by Crippen LogP contribution is -2.03. The van der Waals surface area contributed by atoms with E-state index in [2.05, 4.69) is 70.7 Å². The zero-order valence-electron chi connectivity index (χ0n) is 17.5. The van der Waals surface area contributed by atoms with Gasteiger partial charge in [-0.2, -0.15) is 5.10 Å². The third kappa shape index (κ3) is 4.77. The van der Waals surface area contributed by atoms with Crippen molar-refractivity contribution >= 4 is 45.8 Å². The highest BCUT2D eigenvalue weighted by Gasteiger charge is 2.26. The number of benzene rings is 1. The monoisotopic (exact) mass is 562 g/mol. The first-order valence-corrected chi connectivity index (χ1v) is 12.3. The van der Waals surface area contributed by atoms with Gasteiger partial charge in [0.1, 0.15) is 5.82 Å². The van der Waals surface area contributed by atoms with Crippen LogP contribution < -0.4 is 3.53 Å². The molecule has 2 aliphatic rings. The summed E-state index contributed by atoms with van der Waals surface area (Å²) < 4.78 is 9.91. The van der Waals surface area contributed by atoms with Crippen molar-refractivity contribution in [2.45, 2.75) is 38.0 Å². The van der Waals surface area contributed by atoms with Gasteiger partial charge in [0, 0.05) is 30.8 Å². The first-order valence-electron chi connectivity index (χ1n) is 10.9. The molecule has 3 aromatic heterocycles. The number of nitrogens with zero attached hydrogens (tertiary/aromatic N) is 4. The van der Waals surface area contributed by atoms with Crippen LogP contribution in [0.2, 0.25) is 5.15 Å². The molecule has 0 amide bonds. The summed E-state index contributed by atoms with van der Waals surface area (Å²) in [6.07, 6.45) is 10.1. The van der Waals surface area contributed by atoms with Gasteiger partial charge in [0.15, 0.2) is 10.8 Å². The number of aromatic nitrogens is 5. The summed E-state index contributed by atoms with van der Waals surface area (Å²) in [5.41, 5.74) is 5.66. The Labute approximate surface area is 205 Å². The van der Waals surface area contributed by atoms with Crippen LogP contribution in [0.3, 0.4) is 0 Å². The molecule has 2 N–H and O–H groups in total. The molecule has 0 radical (unpaired) electrons. The lowest BCUT2D eigenvalue weighted by atomic mass is 10.1. The highest BCUT2D eigenvalue weighted by molar-refractivity contribution is 14.1. The second-order valence-corrected chi connectivity index (χ2v) is 8.99. The molecule has 0 bridgehead atoms. The SMILES string of the molecule is C1CCOCC1.Clc1cc(NI)c2ncc(-c3ccc(-c4cnc(C5CC5)[nH]4)cc3)n2n1. The van der Waals surface area contributed by atoms with E-state index in [0.29, 0.717) is 11.1 Å². The number of rotatable bonds is 4. The van der Waals surface area contributed by atoms with Gasteiger partial charge in [-0.1, -0.05) is 35.9 Å². The predicted octanol–water partition coefficient (Wildman–Crippen LogP) is 6.27. The van der Waals surface area contributed by atoms with Gasteiger partial charge in [0.2, 0.25) is 0 Å². The molecule has 1 aliphatic carbocycles. The van der Waals surface area contributed by atoms with E-state index in [1.54, 1.807) is 10.6 Å². The Hall–Kier alpha value is -2.17. The third-order valence-electron chi connectivity index (χ3n) is 5.67. The maximum Gasteiger partial charge on any atom is 0.178 e. The van der Waals surface area contributed by atoms with Gasteiger partial charge in [-0.15, -0.1) is 0 Å². The Morgan fingerprint density at radius 1 is 1.03 bits per heavy atom. The average molecular weight is 563 g/mol. The van der Waals surface area contributed by atoms with E-state index >= 15 is 0 Å². The molecule has 1 aromatic carbocycles. The van der Waals surface area contributed by atoms with Gasteiger partial charge < -0.3 is 13.3 Å². The van der Waals surface area contributed by atoms with Crippen LogP contribution >= 0.6 is 34.5 Å². The van der Waals surface area contributed by atoms with Crippen LogP contribution in [0.4, 0.5) is 5.69 Å². The first-order chi connectivity index (χ1) is 15.7. The minimum Gasteiger partial charge on any atom is -0.381 e. The number of aromatic amines is 1.